The van der Waals surface area contributed by atoms with Gasteiger partial charge in [0.1, 0.15) is 23.8 Å². The number of ether oxygens (including phenoxy) is 1. The van der Waals surface area contributed by atoms with Gasteiger partial charge in [0, 0.05) is 11.1 Å². The van der Waals surface area contributed by atoms with Gasteiger partial charge in [-0.2, -0.15) is 10.1 Å². The number of hydrogen-bond acceptors (Lipinski definition) is 6. The summed E-state index contributed by atoms with van der Waals surface area (Å²) in [6.07, 6.45) is 0. The fourth-order valence-electron chi connectivity index (χ4n) is 2.05. The molecule has 0 fully saturated rings. The van der Waals surface area contributed by atoms with Gasteiger partial charge in [-0.1, -0.05) is 17.2 Å². The lowest BCUT2D eigenvalue weighted by Crippen LogP contribution is -1.98. The monoisotopic (exact) mass is 463 g/mol. The molecule has 140 valence electrons. The van der Waals surface area contributed by atoms with Gasteiger partial charge in [-0.15, -0.1) is 5.10 Å². The summed E-state index contributed by atoms with van der Waals surface area (Å²) in [6.45, 7) is -0.143. The van der Waals surface area contributed by atoms with Crippen molar-refractivity contribution >= 4 is 27.3 Å². The van der Waals surface area contributed by atoms with Gasteiger partial charge in [-0.25, -0.2) is 8.78 Å². The molecule has 0 saturated heterocycles. The van der Waals surface area contributed by atoms with E-state index in [0.29, 0.717) is 20.2 Å². The highest BCUT2D eigenvalue weighted by Crippen LogP contribution is 2.23. The lowest BCUT2D eigenvalue weighted by atomic mass is 10.1. The first kappa shape index (κ1) is 19.7. The molecular weight excluding hydrogens is 454 g/mol. The summed E-state index contributed by atoms with van der Waals surface area (Å²) >= 11 is 4.36. The summed E-state index contributed by atoms with van der Waals surface area (Å²) in [6, 6.07) is 12.7. The second-order valence-electron chi connectivity index (χ2n) is 5.31. The van der Waals surface area contributed by atoms with Gasteiger partial charge in [0.2, 0.25) is 11.6 Å². The standard InChI is InChI=1S/C18H10BrF2N4O2S/c19-17-24-25-18(28-17)26-9-13-4-2-12(6-16(13)21)8-23-27-10-14-3-1-11(7-22)5-15(14)20/h1-6H,9-10H2/q+1. The van der Waals surface area contributed by atoms with E-state index >= 15 is 0 Å². The van der Waals surface area contributed by atoms with Crippen LogP contribution in [0, 0.1) is 29.0 Å². The molecule has 3 aromatic rings. The average molecular weight is 464 g/mol. The average Bonchev–Trinajstić information content (AvgIpc) is 3.10. The molecule has 1 aromatic heterocycles. The van der Waals surface area contributed by atoms with Crippen molar-refractivity contribution in [1.82, 2.24) is 10.2 Å². The van der Waals surface area contributed by atoms with Crippen molar-refractivity contribution in [2.75, 3.05) is 0 Å². The maximum absolute atomic E-state index is 14.1. The van der Waals surface area contributed by atoms with E-state index in [1.54, 1.807) is 6.07 Å². The Morgan fingerprint density at radius 2 is 1.71 bits per heavy atom. The minimum atomic E-state index is -0.563. The molecule has 0 bridgehead atoms. The van der Waals surface area contributed by atoms with E-state index in [1.165, 1.54) is 35.6 Å². The van der Waals surface area contributed by atoms with E-state index < -0.39 is 11.6 Å². The molecule has 0 unspecified atom stereocenters. The van der Waals surface area contributed by atoms with E-state index in [0.717, 1.165) is 6.07 Å². The Hall–Kier alpha value is -3.08. The van der Waals surface area contributed by atoms with Crippen molar-refractivity contribution in [2.24, 2.45) is 0 Å². The van der Waals surface area contributed by atoms with Gasteiger partial charge < -0.3 is 4.74 Å². The molecule has 0 aliphatic heterocycles. The van der Waals surface area contributed by atoms with E-state index in [2.05, 4.69) is 37.2 Å². The van der Waals surface area contributed by atoms with E-state index in [4.69, 9.17) is 14.8 Å². The van der Waals surface area contributed by atoms with Crippen LogP contribution in [0.1, 0.15) is 22.3 Å². The highest BCUT2D eigenvalue weighted by Gasteiger charge is 2.10. The molecule has 0 spiro atoms. The third-order valence-corrected chi connectivity index (χ3v) is 4.70. The van der Waals surface area contributed by atoms with Crippen LogP contribution in [0.4, 0.5) is 8.78 Å². The summed E-state index contributed by atoms with van der Waals surface area (Å²) in [5.74, 6) is -1.06. The van der Waals surface area contributed by atoms with Gasteiger partial charge in [0.25, 0.3) is 5.19 Å². The van der Waals surface area contributed by atoms with E-state index in [9.17, 15) is 8.78 Å². The van der Waals surface area contributed by atoms with Crippen molar-refractivity contribution in [3.8, 4) is 17.3 Å². The first-order valence-electron chi connectivity index (χ1n) is 7.72. The zero-order valence-electron chi connectivity index (χ0n) is 14.0. The topological polar surface area (TPSA) is 72.4 Å². The van der Waals surface area contributed by atoms with Gasteiger partial charge in [0.05, 0.1) is 11.6 Å². The maximum atomic E-state index is 14.1. The molecule has 0 atom stereocenters. The number of nitrogens with zero attached hydrogens (tertiary/aromatic N) is 4. The normalized spacial score (nSPS) is 9.93. The smallest absolute Gasteiger partial charge is 0.388 e. The van der Waals surface area contributed by atoms with Crippen LogP contribution in [0.5, 0.6) is 5.19 Å². The minimum absolute atomic E-state index is 0.000636. The van der Waals surface area contributed by atoms with Crippen LogP contribution < -0.4 is 4.74 Å². The predicted molar refractivity (Wildman–Crippen MR) is 101 cm³/mol. The van der Waals surface area contributed by atoms with Crippen LogP contribution in [0.25, 0.3) is 5.01 Å². The van der Waals surface area contributed by atoms with Crippen LogP contribution in [-0.4, -0.2) is 10.2 Å². The molecule has 1 heterocycles. The Labute approximate surface area is 170 Å². The molecule has 2 aromatic carbocycles. The molecule has 0 amide bonds. The maximum Gasteiger partial charge on any atom is 0.388 e. The van der Waals surface area contributed by atoms with E-state index in [-0.39, 0.29) is 24.3 Å². The highest BCUT2D eigenvalue weighted by molar-refractivity contribution is 9.11. The number of nitriles is 1. The zero-order valence-corrected chi connectivity index (χ0v) is 16.4. The van der Waals surface area contributed by atoms with Gasteiger partial charge in [-0.3, -0.25) is 0 Å². The largest absolute Gasteiger partial charge is 0.464 e. The Morgan fingerprint density at radius 1 is 1.04 bits per heavy atom. The number of halogens is 3. The molecule has 6 nitrogen and oxygen atoms in total. The van der Waals surface area contributed by atoms with Crippen molar-refractivity contribution in [2.45, 2.75) is 13.2 Å². The summed E-state index contributed by atoms with van der Waals surface area (Å²) in [5.41, 5.74) is 1.14. The second-order valence-corrected chi connectivity index (χ2v) is 7.53. The first-order valence-corrected chi connectivity index (χ1v) is 9.33. The molecule has 10 heteroatoms. The molecule has 0 N–H and O–H groups in total. The molecule has 28 heavy (non-hydrogen) atoms. The Morgan fingerprint density at radius 3 is 2.36 bits per heavy atom. The van der Waals surface area contributed by atoms with E-state index in [1.807, 2.05) is 6.07 Å². The predicted octanol–water partition coefficient (Wildman–Crippen LogP) is 4.84. The van der Waals surface area contributed by atoms with Crippen LogP contribution in [0.3, 0.4) is 0 Å². The lowest BCUT2D eigenvalue weighted by molar-refractivity contribution is 0.225. The fraction of sp³-hybridized carbons (Fsp3) is 0.111. The highest BCUT2D eigenvalue weighted by atomic mass is 79.9. The first-order chi connectivity index (χ1) is 13.5. The number of aromatic nitrogens is 2. The van der Waals surface area contributed by atoms with Crippen LogP contribution in [0.15, 0.2) is 40.3 Å². The van der Waals surface area contributed by atoms with Crippen molar-refractivity contribution in [1.29, 1.82) is 5.26 Å². The van der Waals surface area contributed by atoms with Crippen LogP contribution >= 0.6 is 27.3 Å². The molecule has 0 aliphatic carbocycles. The Kier molecular flexibility index (Phi) is 6.48. The molecule has 0 radical (unpaired) electrons. The zero-order chi connectivity index (χ0) is 19.9. The molecule has 0 saturated carbocycles. The third-order valence-electron chi connectivity index (χ3n) is 3.43. The second kappa shape index (κ2) is 9.22. The summed E-state index contributed by atoms with van der Waals surface area (Å²) in [4.78, 5) is 4.98. The SMILES string of the molecule is N#Cc1ccc(CO[N+]#Cc2ccc(COc3nnc(Br)s3)c(F)c2)c(F)c1. The van der Waals surface area contributed by atoms with Gasteiger partial charge in [-0.05, 0) is 51.5 Å². The molecular formula is C18H10BrF2N4O2S+. The Bertz CT molecular complexity index is 1100. The minimum Gasteiger partial charge on any atom is -0.464 e. The molecule has 3 rings (SSSR count). The van der Waals surface area contributed by atoms with Crippen LogP contribution in [0.2, 0.25) is 0 Å². The number of benzene rings is 2. The molecule has 0 aliphatic rings. The quantitative estimate of drug-likeness (QED) is 0.506. The van der Waals surface area contributed by atoms with Gasteiger partial charge >= 0.3 is 6.07 Å². The summed E-state index contributed by atoms with van der Waals surface area (Å²) in [5, 5.41) is 20.1. The lowest BCUT2D eigenvalue weighted by Gasteiger charge is -2.02. The van der Waals surface area contributed by atoms with Crippen LogP contribution in [-0.2, 0) is 18.1 Å². The summed E-state index contributed by atoms with van der Waals surface area (Å²) in [7, 11) is 0. The number of rotatable bonds is 5. The summed E-state index contributed by atoms with van der Waals surface area (Å²) < 4.78 is 33.8. The fourth-order valence-corrected chi connectivity index (χ4v) is 2.97. The number of hydrogen-bond donors (Lipinski definition) is 0. The Balaban J connectivity index is 1.57. The van der Waals surface area contributed by atoms with Crippen molar-refractivity contribution < 1.29 is 18.4 Å². The third kappa shape index (κ3) is 5.22. The van der Waals surface area contributed by atoms with Crippen molar-refractivity contribution in [3.63, 3.8) is 0 Å². The van der Waals surface area contributed by atoms with Crippen molar-refractivity contribution in [3.05, 3.63) is 79.2 Å². The van der Waals surface area contributed by atoms with Gasteiger partial charge in [0.15, 0.2) is 3.92 Å².